The second-order valence-electron chi connectivity index (χ2n) is 6.69. The first-order chi connectivity index (χ1) is 9.42. The maximum atomic E-state index is 3.74. The van der Waals surface area contributed by atoms with E-state index in [0.717, 1.165) is 25.6 Å². The van der Waals surface area contributed by atoms with Gasteiger partial charge in [-0.2, -0.15) is 0 Å². The largest absolute Gasteiger partial charge is 0.311 e. The van der Waals surface area contributed by atoms with E-state index in [1.54, 1.807) is 0 Å². The molecule has 1 fully saturated rings. The van der Waals surface area contributed by atoms with Gasteiger partial charge in [0.15, 0.2) is 0 Å². The molecule has 2 rings (SSSR count). The van der Waals surface area contributed by atoms with Crippen molar-refractivity contribution < 1.29 is 0 Å². The van der Waals surface area contributed by atoms with Gasteiger partial charge in [-0.25, -0.2) is 0 Å². The Kier molecular flexibility index (Phi) is 5.49. The highest BCUT2D eigenvalue weighted by Crippen LogP contribution is 2.24. The van der Waals surface area contributed by atoms with E-state index in [0.29, 0.717) is 6.04 Å². The van der Waals surface area contributed by atoms with E-state index in [1.165, 1.54) is 15.6 Å². The molecule has 0 radical (unpaired) electrons. The minimum Gasteiger partial charge on any atom is -0.311 e. The Morgan fingerprint density at radius 2 is 2.00 bits per heavy atom. The van der Waals surface area contributed by atoms with Crippen LogP contribution in [0.5, 0.6) is 0 Å². The van der Waals surface area contributed by atoms with Crippen molar-refractivity contribution in [2.75, 3.05) is 13.1 Å². The fourth-order valence-electron chi connectivity index (χ4n) is 2.80. The van der Waals surface area contributed by atoms with Gasteiger partial charge in [0.2, 0.25) is 0 Å². The van der Waals surface area contributed by atoms with Crippen LogP contribution >= 0.6 is 22.6 Å². The number of nitrogens with zero attached hydrogens (tertiary/aromatic N) is 1. The Morgan fingerprint density at radius 1 is 1.35 bits per heavy atom. The third-order valence-corrected chi connectivity index (χ3v) is 5.41. The lowest BCUT2D eigenvalue weighted by Crippen LogP contribution is -2.62. The van der Waals surface area contributed by atoms with Gasteiger partial charge in [0.05, 0.1) is 0 Å². The number of rotatable bonds is 4. The third kappa shape index (κ3) is 3.95. The van der Waals surface area contributed by atoms with Crippen molar-refractivity contribution in [2.24, 2.45) is 5.92 Å². The fourth-order valence-corrected chi connectivity index (χ4v) is 3.16. The number of benzene rings is 1. The lowest BCUT2D eigenvalue weighted by atomic mass is 9.90. The van der Waals surface area contributed by atoms with Crippen LogP contribution in [0.1, 0.15) is 39.7 Å². The number of halogens is 1. The normalized spacial score (nSPS) is 24.6. The smallest absolute Gasteiger partial charge is 0.0281 e. The van der Waals surface area contributed by atoms with E-state index in [2.05, 4.69) is 84.8 Å². The number of nitrogens with one attached hydrogen (secondary N) is 1. The number of piperazine rings is 1. The third-order valence-electron chi connectivity index (χ3n) is 4.69. The van der Waals surface area contributed by atoms with E-state index >= 15 is 0 Å². The molecule has 1 aromatic rings. The minimum atomic E-state index is 0.229. The molecule has 2 unspecified atom stereocenters. The van der Waals surface area contributed by atoms with Gasteiger partial charge in [-0.1, -0.05) is 32.4 Å². The molecule has 0 saturated carbocycles. The topological polar surface area (TPSA) is 15.3 Å². The van der Waals surface area contributed by atoms with Gasteiger partial charge in [0.25, 0.3) is 0 Å². The molecule has 112 valence electrons. The van der Waals surface area contributed by atoms with Crippen molar-refractivity contribution in [1.82, 2.24) is 10.2 Å². The Morgan fingerprint density at radius 3 is 2.60 bits per heavy atom. The summed E-state index contributed by atoms with van der Waals surface area (Å²) in [7, 11) is 0. The highest BCUT2D eigenvalue weighted by Gasteiger charge is 2.35. The van der Waals surface area contributed by atoms with Crippen molar-refractivity contribution in [3.8, 4) is 0 Å². The van der Waals surface area contributed by atoms with Crippen molar-refractivity contribution in [1.29, 1.82) is 0 Å². The summed E-state index contributed by atoms with van der Waals surface area (Å²) in [5.74, 6) is 0.741. The van der Waals surface area contributed by atoms with Crippen LogP contribution in [0.25, 0.3) is 0 Å². The Balaban J connectivity index is 2.07. The van der Waals surface area contributed by atoms with Crippen molar-refractivity contribution >= 4 is 22.6 Å². The summed E-state index contributed by atoms with van der Waals surface area (Å²) in [4.78, 5) is 2.64. The number of hydrogen-bond donors (Lipinski definition) is 1. The fraction of sp³-hybridized carbons (Fsp3) is 0.647. The summed E-state index contributed by atoms with van der Waals surface area (Å²) in [6, 6.07) is 9.56. The van der Waals surface area contributed by atoms with Gasteiger partial charge in [-0.15, -0.1) is 0 Å². The average molecular weight is 386 g/mol. The van der Waals surface area contributed by atoms with Crippen molar-refractivity contribution in [3.05, 3.63) is 33.4 Å². The van der Waals surface area contributed by atoms with E-state index < -0.39 is 0 Å². The molecule has 2 nitrogen and oxygen atoms in total. The van der Waals surface area contributed by atoms with Gasteiger partial charge in [-0.3, -0.25) is 4.90 Å². The second kappa shape index (κ2) is 6.75. The van der Waals surface area contributed by atoms with E-state index in [9.17, 15) is 0 Å². The molecular weight excluding hydrogens is 359 g/mol. The van der Waals surface area contributed by atoms with E-state index in [4.69, 9.17) is 0 Å². The maximum absolute atomic E-state index is 3.74. The molecule has 0 aromatic heterocycles. The molecule has 1 heterocycles. The quantitative estimate of drug-likeness (QED) is 0.790. The average Bonchev–Trinajstić information content (AvgIpc) is 2.42. The standard InChI is InChI=1S/C17H27IN2/c1-5-13(2)16-11-20(17(3,4)12-19-16)10-14-6-8-15(18)9-7-14/h6-9,13,16,19H,5,10-12H2,1-4H3. The monoisotopic (exact) mass is 386 g/mol. The summed E-state index contributed by atoms with van der Waals surface area (Å²) in [5, 5.41) is 3.74. The van der Waals surface area contributed by atoms with E-state index in [1.807, 2.05) is 0 Å². The van der Waals surface area contributed by atoms with Gasteiger partial charge >= 0.3 is 0 Å². The molecule has 0 aliphatic carbocycles. The van der Waals surface area contributed by atoms with Crippen LogP contribution in [0, 0.1) is 9.49 Å². The minimum absolute atomic E-state index is 0.229. The Bertz CT molecular complexity index is 427. The zero-order chi connectivity index (χ0) is 14.8. The van der Waals surface area contributed by atoms with Crippen LogP contribution in [0.4, 0.5) is 0 Å². The van der Waals surface area contributed by atoms with Crippen LogP contribution in [-0.4, -0.2) is 29.6 Å². The molecule has 1 aliphatic heterocycles. The van der Waals surface area contributed by atoms with Crippen LogP contribution in [-0.2, 0) is 6.54 Å². The Hall–Kier alpha value is -0.130. The zero-order valence-electron chi connectivity index (χ0n) is 13.1. The summed E-state index contributed by atoms with van der Waals surface area (Å²) < 4.78 is 1.31. The van der Waals surface area contributed by atoms with Crippen LogP contribution in [0.3, 0.4) is 0 Å². The molecule has 1 aromatic carbocycles. The molecule has 0 spiro atoms. The van der Waals surface area contributed by atoms with Gasteiger partial charge in [0, 0.05) is 34.8 Å². The molecule has 20 heavy (non-hydrogen) atoms. The summed E-state index contributed by atoms with van der Waals surface area (Å²) in [6.45, 7) is 12.6. The molecule has 1 aliphatic rings. The first-order valence-corrected chi connectivity index (χ1v) is 8.73. The lowest BCUT2D eigenvalue weighted by Gasteiger charge is -2.47. The summed E-state index contributed by atoms with van der Waals surface area (Å²) in [6.07, 6.45) is 1.25. The molecule has 1 saturated heterocycles. The molecule has 0 bridgehead atoms. The first kappa shape index (κ1) is 16.2. The molecular formula is C17H27IN2. The van der Waals surface area contributed by atoms with Crippen molar-refractivity contribution in [3.63, 3.8) is 0 Å². The highest BCUT2D eigenvalue weighted by molar-refractivity contribution is 14.1. The van der Waals surface area contributed by atoms with Crippen LogP contribution in [0.15, 0.2) is 24.3 Å². The van der Waals surface area contributed by atoms with Crippen LogP contribution < -0.4 is 5.32 Å². The predicted molar refractivity (Wildman–Crippen MR) is 94.9 cm³/mol. The molecule has 0 amide bonds. The second-order valence-corrected chi connectivity index (χ2v) is 7.94. The van der Waals surface area contributed by atoms with Gasteiger partial charge < -0.3 is 5.32 Å². The Labute approximate surface area is 137 Å². The first-order valence-electron chi connectivity index (χ1n) is 7.65. The molecule has 3 heteroatoms. The molecule has 1 N–H and O–H groups in total. The lowest BCUT2D eigenvalue weighted by molar-refractivity contribution is 0.0449. The zero-order valence-corrected chi connectivity index (χ0v) is 15.3. The maximum Gasteiger partial charge on any atom is 0.0281 e. The number of hydrogen-bond acceptors (Lipinski definition) is 2. The highest BCUT2D eigenvalue weighted by atomic mass is 127. The summed E-state index contributed by atoms with van der Waals surface area (Å²) in [5.41, 5.74) is 1.65. The van der Waals surface area contributed by atoms with Crippen LogP contribution in [0.2, 0.25) is 0 Å². The summed E-state index contributed by atoms with van der Waals surface area (Å²) >= 11 is 2.37. The van der Waals surface area contributed by atoms with Gasteiger partial charge in [0.1, 0.15) is 0 Å². The molecule has 2 atom stereocenters. The van der Waals surface area contributed by atoms with Gasteiger partial charge in [-0.05, 0) is 60.1 Å². The predicted octanol–water partition coefficient (Wildman–Crippen LogP) is 3.89. The van der Waals surface area contributed by atoms with Crippen molar-refractivity contribution in [2.45, 2.75) is 52.2 Å². The van der Waals surface area contributed by atoms with E-state index in [-0.39, 0.29) is 5.54 Å². The SMILES string of the molecule is CCC(C)C1CN(Cc2ccc(I)cc2)C(C)(C)CN1.